The second-order valence-corrected chi connectivity index (χ2v) is 6.68. The standard InChI is InChI=1S/C16H16N4O2/c1-15(2)7-16(5-11(6-17)13(15)21)8-20(9-16)14(22)12-3-4-18-10-19-12/h3-5,10H,7-9H2,1-2H3. The number of aromatic nitrogens is 2. The van der Waals surface area contributed by atoms with Crippen LogP contribution in [-0.2, 0) is 4.79 Å². The number of ketones is 1. The van der Waals surface area contributed by atoms with Crippen molar-refractivity contribution in [2.24, 2.45) is 10.8 Å². The smallest absolute Gasteiger partial charge is 0.272 e. The third-order valence-corrected chi connectivity index (χ3v) is 4.32. The minimum atomic E-state index is -0.566. The minimum absolute atomic E-state index is 0.110. The van der Waals surface area contributed by atoms with Gasteiger partial charge < -0.3 is 4.90 Å². The summed E-state index contributed by atoms with van der Waals surface area (Å²) in [6, 6.07) is 3.58. The molecule has 1 saturated heterocycles. The Kier molecular flexibility index (Phi) is 3.10. The lowest BCUT2D eigenvalue weighted by Gasteiger charge is -2.53. The Labute approximate surface area is 128 Å². The number of allylic oxidation sites excluding steroid dienone is 1. The van der Waals surface area contributed by atoms with Crippen LogP contribution in [0, 0.1) is 22.2 Å². The Balaban J connectivity index is 1.80. The maximum atomic E-state index is 12.3. The minimum Gasteiger partial charge on any atom is -0.335 e. The summed E-state index contributed by atoms with van der Waals surface area (Å²) >= 11 is 0. The molecule has 2 aliphatic rings. The van der Waals surface area contributed by atoms with Gasteiger partial charge in [0.15, 0.2) is 5.78 Å². The van der Waals surface area contributed by atoms with Crippen LogP contribution < -0.4 is 0 Å². The molecule has 3 rings (SSSR count). The van der Waals surface area contributed by atoms with Gasteiger partial charge in [-0.2, -0.15) is 5.26 Å². The molecule has 1 fully saturated rings. The summed E-state index contributed by atoms with van der Waals surface area (Å²) in [6.45, 7) is 4.74. The zero-order chi connectivity index (χ0) is 16.0. The van der Waals surface area contributed by atoms with E-state index in [9.17, 15) is 9.59 Å². The van der Waals surface area contributed by atoms with Gasteiger partial charge in [0.1, 0.15) is 18.1 Å². The van der Waals surface area contributed by atoms with E-state index in [0.29, 0.717) is 25.2 Å². The maximum Gasteiger partial charge on any atom is 0.272 e. The van der Waals surface area contributed by atoms with E-state index in [4.69, 9.17) is 5.26 Å². The molecule has 6 heteroatoms. The molecule has 1 aliphatic heterocycles. The lowest BCUT2D eigenvalue weighted by molar-refractivity contribution is -0.127. The number of carbonyl (C=O) groups excluding carboxylic acids is 2. The lowest BCUT2D eigenvalue weighted by atomic mass is 9.61. The van der Waals surface area contributed by atoms with Crippen LogP contribution in [0.4, 0.5) is 0 Å². The SMILES string of the molecule is CC1(C)CC2(C=C(C#N)C1=O)CN(C(=O)c1ccncn1)C2. The number of rotatable bonds is 1. The summed E-state index contributed by atoms with van der Waals surface area (Å²) < 4.78 is 0. The zero-order valence-electron chi connectivity index (χ0n) is 12.5. The molecule has 0 bridgehead atoms. The normalized spacial score (nSPS) is 21.8. The fraction of sp³-hybridized carbons (Fsp3) is 0.438. The quantitative estimate of drug-likeness (QED) is 0.781. The summed E-state index contributed by atoms with van der Waals surface area (Å²) in [5, 5.41) is 9.16. The molecule has 0 radical (unpaired) electrons. The van der Waals surface area contributed by atoms with E-state index >= 15 is 0 Å². The third-order valence-electron chi connectivity index (χ3n) is 4.32. The Morgan fingerprint density at radius 1 is 1.41 bits per heavy atom. The highest BCUT2D eigenvalue weighted by molar-refractivity contribution is 6.04. The van der Waals surface area contributed by atoms with Crippen molar-refractivity contribution in [3.05, 3.63) is 35.9 Å². The van der Waals surface area contributed by atoms with Gasteiger partial charge in [-0.15, -0.1) is 0 Å². The molecule has 0 aromatic carbocycles. The molecule has 2 heterocycles. The van der Waals surface area contributed by atoms with E-state index in [1.807, 2.05) is 19.9 Å². The van der Waals surface area contributed by atoms with Crippen molar-refractivity contribution in [3.8, 4) is 6.07 Å². The largest absolute Gasteiger partial charge is 0.335 e. The van der Waals surface area contributed by atoms with Gasteiger partial charge >= 0.3 is 0 Å². The summed E-state index contributed by atoms with van der Waals surface area (Å²) in [4.78, 5) is 33.9. The molecule has 112 valence electrons. The highest BCUT2D eigenvalue weighted by Gasteiger charge is 2.52. The predicted octanol–water partition coefficient (Wildman–Crippen LogP) is 1.37. The van der Waals surface area contributed by atoms with Gasteiger partial charge in [-0.25, -0.2) is 9.97 Å². The van der Waals surface area contributed by atoms with E-state index in [1.165, 1.54) is 12.5 Å². The fourth-order valence-corrected chi connectivity index (χ4v) is 3.47. The summed E-state index contributed by atoms with van der Waals surface area (Å²) in [5.41, 5.74) is -0.263. The van der Waals surface area contributed by atoms with Crippen LogP contribution in [0.2, 0.25) is 0 Å². The molecule has 1 aromatic rings. The molecule has 22 heavy (non-hydrogen) atoms. The number of hydrogen-bond donors (Lipinski definition) is 0. The van der Waals surface area contributed by atoms with Gasteiger partial charge in [0.05, 0.1) is 5.57 Å². The van der Waals surface area contributed by atoms with Crippen LogP contribution in [0.15, 0.2) is 30.2 Å². The van der Waals surface area contributed by atoms with Crippen LogP contribution in [0.25, 0.3) is 0 Å². The predicted molar refractivity (Wildman–Crippen MR) is 77.5 cm³/mol. The molecule has 0 N–H and O–H groups in total. The zero-order valence-corrected chi connectivity index (χ0v) is 12.5. The van der Waals surface area contributed by atoms with Gasteiger partial charge in [-0.05, 0) is 12.5 Å². The van der Waals surface area contributed by atoms with Crippen LogP contribution in [-0.4, -0.2) is 39.6 Å². The topological polar surface area (TPSA) is 87.0 Å². The van der Waals surface area contributed by atoms with Gasteiger partial charge in [0.2, 0.25) is 0 Å². The van der Waals surface area contributed by atoms with Crippen molar-refractivity contribution >= 4 is 11.7 Å². The number of hydrogen-bond acceptors (Lipinski definition) is 5. The molecule has 0 atom stereocenters. The van der Waals surface area contributed by atoms with Crippen LogP contribution in [0.5, 0.6) is 0 Å². The van der Waals surface area contributed by atoms with E-state index in [2.05, 4.69) is 9.97 Å². The monoisotopic (exact) mass is 296 g/mol. The van der Waals surface area contributed by atoms with Crippen LogP contribution in [0.1, 0.15) is 30.8 Å². The molecule has 1 aliphatic carbocycles. The Morgan fingerprint density at radius 3 is 2.73 bits per heavy atom. The van der Waals surface area contributed by atoms with E-state index in [1.54, 1.807) is 17.0 Å². The summed E-state index contributed by atoms with van der Waals surface area (Å²) in [5.74, 6) is -0.254. The van der Waals surface area contributed by atoms with Gasteiger partial charge in [-0.3, -0.25) is 9.59 Å². The number of nitriles is 1. The Morgan fingerprint density at radius 2 is 2.14 bits per heavy atom. The summed E-state index contributed by atoms with van der Waals surface area (Å²) in [6.07, 6.45) is 5.28. The molecule has 1 spiro atoms. The number of nitrogens with zero attached hydrogens (tertiary/aromatic N) is 4. The molecule has 1 aromatic heterocycles. The average molecular weight is 296 g/mol. The lowest BCUT2D eigenvalue weighted by Crippen LogP contribution is -2.61. The molecule has 0 unspecified atom stereocenters. The van der Waals surface area contributed by atoms with Crippen molar-refractivity contribution in [1.82, 2.24) is 14.9 Å². The van der Waals surface area contributed by atoms with Crippen LogP contribution >= 0.6 is 0 Å². The van der Waals surface area contributed by atoms with Gasteiger partial charge in [0, 0.05) is 30.1 Å². The fourth-order valence-electron chi connectivity index (χ4n) is 3.47. The van der Waals surface area contributed by atoms with Gasteiger partial charge in [0.25, 0.3) is 5.91 Å². The first-order chi connectivity index (χ1) is 10.4. The van der Waals surface area contributed by atoms with E-state index in [0.717, 1.165) is 0 Å². The van der Waals surface area contributed by atoms with Crippen molar-refractivity contribution in [2.45, 2.75) is 20.3 Å². The number of likely N-dealkylation sites (tertiary alicyclic amines) is 1. The molecule has 0 saturated carbocycles. The van der Waals surface area contributed by atoms with Crippen molar-refractivity contribution in [3.63, 3.8) is 0 Å². The van der Waals surface area contributed by atoms with Crippen LogP contribution in [0.3, 0.4) is 0 Å². The number of amides is 1. The third kappa shape index (κ3) is 2.19. The Hall–Kier alpha value is -2.55. The van der Waals surface area contributed by atoms with Crippen molar-refractivity contribution in [1.29, 1.82) is 5.26 Å². The first-order valence-corrected chi connectivity index (χ1v) is 7.10. The second kappa shape index (κ2) is 4.73. The molecular formula is C16H16N4O2. The van der Waals surface area contributed by atoms with E-state index < -0.39 is 5.41 Å². The molecule has 1 amide bonds. The number of Topliss-reactive ketones (excluding diaryl/α,β-unsaturated/α-hetero) is 1. The molecule has 6 nitrogen and oxygen atoms in total. The maximum absolute atomic E-state index is 12.3. The van der Waals surface area contributed by atoms with Crippen molar-refractivity contribution in [2.75, 3.05) is 13.1 Å². The molecular weight excluding hydrogens is 280 g/mol. The average Bonchev–Trinajstić information content (AvgIpc) is 2.47. The Bertz CT molecular complexity index is 709. The first-order valence-electron chi connectivity index (χ1n) is 7.10. The highest BCUT2D eigenvalue weighted by atomic mass is 16.2. The van der Waals surface area contributed by atoms with Gasteiger partial charge in [-0.1, -0.05) is 19.9 Å². The summed E-state index contributed by atoms with van der Waals surface area (Å²) in [7, 11) is 0. The van der Waals surface area contributed by atoms with Crippen molar-refractivity contribution < 1.29 is 9.59 Å². The second-order valence-electron chi connectivity index (χ2n) is 6.68. The van der Waals surface area contributed by atoms with E-state index in [-0.39, 0.29) is 22.7 Å². The number of carbonyl (C=O) groups is 2. The first kappa shape index (κ1) is 14.4. The highest BCUT2D eigenvalue weighted by Crippen LogP contribution is 2.48.